The van der Waals surface area contributed by atoms with Crippen LogP contribution in [0.4, 0.5) is 5.82 Å². The van der Waals surface area contributed by atoms with Crippen molar-refractivity contribution in [3.8, 4) is 17.1 Å². The minimum atomic E-state index is -0.300. The number of amides is 1. The molecule has 0 saturated carbocycles. The van der Waals surface area contributed by atoms with Crippen molar-refractivity contribution < 1.29 is 9.53 Å². The maximum absolute atomic E-state index is 11.7. The lowest BCUT2D eigenvalue weighted by Gasteiger charge is -2.45. The van der Waals surface area contributed by atoms with Gasteiger partial charge in [0.05, 0.1) is 17.8 Å². The quantitative estimate of drug-likeness (QED) is 0.417. The van der Waals surface area contributed by atoms with Crippen LogP contribution in [0.5, 0.6) is 5.75 Å². The normalized spacial score (nSPS) is 18.0. The Hall–Kier alpha value is -3.45. The number of aromatic nitrogens is 2. The van der Waals surface area contributed by atoms with Gasteiger partial charge in [0.1, 0.15) is 18.2 Å². The van der Waals surface area contributed by atoms with Gasteiger partial charge in [-0.3, -0.25) is 9.69 Å². The fraction of sp³-hybridized carbons (Fsp3) is 0.469. The highest BCUT2D eigenvalue weighted by Gasteiger charge is 2.33. The van der Waals surface area contributed by atoms with Crippen LogP contribution in [0.25, 0.3) is 11.4 Å². The Bertz CT molecular complexity index is 1350. The van der Waals surface area contributed by atoms with Gasteiger partial charge in [-0.15, -0.1) is 0 Å². The van der Waals surface area contributed by atoms with Gasteiger partial charge in [-0.25, -0.2) is 9.97 Å². The van der Waals surface area contributed by atoms with Gasteiger partial charge in [-0.05, 0) is 76.3 Å². The Morgan fingerprint density at radius 3 is 2.41 bits per heavy atom. The van der Waals surface area contributed by atoms with Gasteiger partial charge in [0.15, 0.2) is 5.82 Å². The average molecular weight is 530 g/mol. The molecule has 7 heteroatoms. The molecular weight excluding hydrogens is 486 g/mol. The van der Waals surface area contributed by atoms with Crippen LogP contribution >= 0.6 is 0 Å². The number of piperazine rings is 1. The second kappa shape index (κ2) is 11.7. The van der Waals surface area contributed by atoms with E-state index < -0.39 is 0 Å². The SMILES string of the molecule is Cc1ccc(C)c(-c2nc(C)c(COc3cc(C(C)C)ccc3C)c(N3C[C@H](C)N(CC(N)=O)C[C@H]3C)n2)c1. The minimum absolute atomic E-state index is 0.131. The van der Waals surface area contributed by atoms with Crippen molar-refractivity contribution in [1.82, 2.24) is 14.9 Å². The second-order valence-electron chi connectivity index (χ2n) is 11.5. The molecule has 39 heavy (non-hydrogen) atoms. The summed E-state index contributed by atoms with van der Waals surface area (Å²) in [6.07, 6.45) is 0. The van der Waals surface area contributed by atoms with Crippen LogP contribution in [0.3, 0.4) is 0 Å². The minimum Gasteiger partial charge on any atom is -0.488 e. The Kier molecular flexibility index (Phi) is 8.60. The summed E-state index contributed by atoms with van der Waals surface area (Å²) in [5, 5.41) is 0. The number of rotatable bonds is 8. The van der Waals surface area contributed by atoms with Crippen molar-refractivity contribution in [1.29, 1.82) is 0 Å². The number of ether oxygens (including phenoxy) is 1. The molecular formula is C32H43N5O2. The molecule has 1 aromatic heterocycles. The highest BCUT2D eigenvalue weighted by Crippen LogP contribution is 2.32. The number of hydrogen-bond donors (Lipinski definition) is 1. The second-order valence-corrected chi connectivity index (χ2v) is 11.5. The first-order valence-electron chi connectivity index (χ1n) is 13.9. The van der Waals surface area contributed by atoms with Crippen molar-refractivity contribution in [3.63, 3.8) is 0 Å². The first-order chi connectivity index (χ1) is 18.4. The number of nitrogens with two attached hydrogens (primary N) is 1. The zero-order chi connectivity index (χ0) is 28.4. The van der Waals surface area contributed by atoms with Crippen LogP contribution in [0.2, 0.25) is 0 Å². The Balaban J connectivity index is 1.76. The van der Waals surface area contributed by atoms with Crippen LogP contribution in [0.1, 0.15) is 67.1 Å². The van der Waals surface area contributed by atoms with Gasteiger partial charge >= 0.3 is 0 Å². The third kappa shape index (κ3) is 6.41. The molecule has 0 radical (unpaired) electrons. The van der Waals surface area contributed by atoms with E-state index in [0.717, 1.165) is 58.4 Å². The highest BCUT2D eigenvalue weighted by molar-refractivity contribution is 5.76. The molecule has 2 N–H and O–H groups in total. The summed E-state index contributed by atoms with van der Waals surface area (Å²) in [4.78, 5) is 26.4. The number of primary amides is 1. The van der Waals surface area contributed by atoms with Crippen molar-refractivity contribution >= 4 is 11.7 Å². The third-order valence-corrected chi connectivity index (χ3v) is 7.82. The van der Waals surface area contributed by atoms with Gasteiger partial charge in [0.2, 0.25) is 5.91 Å². The van der Waals surface area contributed by atoms with E-state index in [1.54, 1.807) is 0 Å². The van der Waals surface area contributed by atoms with E-state index in [-0.39, 0.29) is 24.5 Å². The molecule has 7 nitrogen and oxygen atoms in total. The molecule has 1 aliphatic rings. The summed E-state index contributed by atoms with van der Waals surface area (Å²) in [5.41, 5.74) is 13.1. The predicted octanol–water partition coefficient (Wildman–Crippen LogP) is 5.46. The fourth-order valence-corrected chi connectivity index (χ4v) is 5.28. The Labute approximate surface area is 233 Å². The van der Waals surface area contributed by atoms with Crippen molar-refractivity contribution in [2.24, 2.45) is 5.73 Å². The monoisotopic (exact) mass is 529 g/mol. The van der Waals surface area contributed by atoms with Gasteiger partial charge in [-0.1, -0.05) is 43.7 Å². The topological polar surface area (TPSA) is 84.6 Å². The number of carbonyl (C=O) groups is 1. The lowest BCUT2D eigenvalue weighted by atomic mass is 10.0. The number of carbonyl (C=O) groups excluding carboxylic acids is 1. The maximum atomic E-state index is 11.7. The molecule has 4 rings (SSSR count). The first-order valence-corrected chi connectivity index (χ1v) is 13.9. The summed E-state index contributed by atoms with van der Waals surface area (Å²) in [5.74, 6) is 2.63. The Morgan fingerprint density at radius 1 is 1.00 bits per heavy atom. The summed E-state index contributed by atoms with van der Waals surface area (Å²) >= 11 is 0. The van der Waals surface area contributed by atoms with Gasteiger partial charge in [0, 0.05) is 30.7 Å². The smallest absolute Gasteiger partial charge is 0.231 e. The summed E-state index contributed by atoms with van der Waals surface area (Å²) in [7, 11) is 0. The number of nitrogens with zero attached hydrogens (tertiary/aromatic N) is 4. The van der Waals surface area contributed by atoms with E-state index in [1.807, 2.05) is 6.92 Å². The van der Waals surface area contributed by atoms with E-state index in [9.17, 15) is 4.79 Å². The molecule has 1 fully saturated rings. The zero-order valence-electron chi connectivity index (χ0n) is 24.7. The predicted molar refractivity (Wildman–Crippen MR) is 158 cm³/mol. The summed E-state index contributed by atoms with van der Waals surface area (Å²) in [6, 6.07) is 13.1. The molecule has 0 aliphatic carbocycles. The Morgan fingerprint density at radius 2 is 1.72 bits per heavy atom. The van der Waals surface area contributed by atoms with E-state index in [2.05, 4.69) is 94.7 Å². The molecule has 0 bridgehead atoms. The van der Waals surface area contributed by atoms with E-state index in [1.165, 1.54) is 11.1 Å². The van der Waals surface area contributed by atoms with Crippen molar-refractivity contribution in [2.75, 3.05) is 24.5 Å². The zero-order valence-corrected chi connectivity index (χ0v) is 24.7. The van der Waals surface area contributed by atoms with Crippen LogP contribution in [0, 0.1) is 27.7 Å². The van der Waals surface area contributed by atoms with Gasteiger partial charge in [0.25, 0.3) is 0 Å². The average Bonchev–Trinajstić information content (AvgIpc) is 2.86. The largest absolute Gasteiger partial charge is 0.488 e. The van der Waals surface area contributed by atoms with E-state index in [4.69, 9.17) is 20.4 Å². The van der Waals surface area contributed by atoms with Crippen LogP contribution in [-0.2, 0) is 11.4 Å². The molecule has 1 saturated heterocycles. The molecule has 0 spiro atoms. The third-order valence-electron chi connectivity index (χ3n) is 7.82. The lowest BCUT2D eigenvalue weighted by molar-refractivity contribution is -0.119. The number of aryl methyl sites for hydroxylation is 4. The van der Waals surface area contributed by atoms with Crippen LogP contribution in [0.15, 0.2) is 36.4 Å². The van der Waals surface area contributed by atoms with E-state index in [0.29, 0.717) is 12.5 Å². The number of hydrogen-bond acceptors (Lipinski definition) is 6. The molecule has 208 valence electrons. The molecule has 2 atom stereocenters. The van der Waals surface area contributed by atoms with Crippen LogP contribution < -0.4 is 15.4 Å². The standard InChI is InChI=1S/C32H43N5O2/c1-19(2)26-12-11-22(5)29(14-26)39-18-28-25(8)34-31(27-13-20(3)9-10-21(27)4)35-32(28)37-16-23(6)36(15-24(37)7)17-30(33)38/h9-14,19,23-24H,15-18H2,1-8H3,(H2,33,38)/t23-,24+/m0/s1. The number of benzene rings is 2. The molecule has 1 amide bonds. The van der Waals surface area contributed by atoms with Crippen LogP contribution in [-0.4, -0.2) is 52.5 Å². The molecule has 2 heterocycles. The van der Waals surface area contributed by atoms with Crippen molar-refractivity contribution in [2.45, 2.75) is 80.0 Å². The molecule has 1 aliphatic heterocycles. The van der Waals surface area contributed by atoms with Gasteiger partial charge in [-0.2, -0.15) is 0 Å². The number of anilines is 1. The molecule has 0 unspecified atom stereocenters. The maximum Gasteiger partial charge on any atom is 0.231 e. The lowest BCUT2D eigenvalue weighted by Crippen LogP contribution is -2.58. The summed E-state index contributed by atoms with van der Waals surface area (Å²) < 4.78 is 6.47. The van der Waals surface area contributed by atoms with Gasteiger partial charge < -0.3 is 15.4 Å². The van der Waals surface area contributed by atoms with E-state index >= 15 is 0 Å². The molecule has 2 aromatic carbocycles. The fourth-order valence-electron chi connectivity index (χ4n) is 5.28. The van der Waals surface area contributed by atoms with Crippen molar-refractivity contribution in [3.05, 3.63) is 69.9 Å². The summed E-state index contributed by atoms with van der Waals surface area (Å²) in [6.45, 7) is 19.1. The highest BCUT2D eigenvalue weighted by atomic mass is 16.5. The first kappa shape index (κ1) is 28.6. The molecule has 3 aromatic rings.